The molecule has 0 unspecified atom stereocenters. The molecule has 0 saturated carbocycles. The maximum atomic E-state index is 5.68. The number of hydrogen-bond acceptors (Lipinski definition) is 3. The van der Waals surface area contributed by atoms with E-state index in [1.54, 1.807) is 0 Å². The van der Waals surface area contributed by atoms with Crippen molar-refractivity contribution in [3.05, 3.63) is 35.4 Å². The normalized spacial score (nSPS) is 18.4. The molecular formula is C15H25N3. The molecule has 3 heteroatoms. The second-order valence-electron chi connectivity index (χ2n) is 5.43. The van der Waals surface area contributed by atoms with Gasteiger partial charge in [0.25, 0.3) is 0 Å². The lowest BCUT2D eigenvalue weighted by Gasteiger charge is -2.37. The molecule has 1 heterocycles. The Morgan fingerprint density at radius 2 is 1.78 bits per heavy atom. The lowest BCUT2D eigenvalue weighted by molar-refractivity contribution is 0.104. The largest absolute Gasteiger partial charge is 0.326 e. The molecule has 1 aliphatic rings. The molecule has 0 atom stereocenters. The minimum Gasteiger partial charge on any atom is -0.326 e. The summed E-state index contributed by atoms with van der Waals surface area (Å²) in [5.41, 5.74) is 8.30. The highest BCUT2D eigenvalue weighted by Crippen LogP contribution is 2.11. The minimum atomic E-state index is 0.634. The van der Waals surface area contributed by atoms with E-state index in [2.05, 4.69) is 47.9 Å². The van der Waals surface area contributed by atoms with E-state index >= 15 is 0 Å². The molecule has 2 N–H and O–H groups in total. The van der Waals surface area contributed by atoms with E-state index in [9.17, 15) is 0 Å². The molecule has 0 radical (unpaired) electrons. The van der Waals surface area contributed by atoms with Gasteiger partial charge in [-0.1, -0.05) is 24.3 Å². The van der Waals surface area contributed by atoms with E-state index in [4.69, 9.17) is 5.73 Å². The van der Waals surface area contributed by atoms with Crippen LogP contribution in [0.2, 0.25) is 0 Å². The summed E-state index contributed by atoms with van der Waals surface area (Å²) in [4.78, 5) is 5.08. The van der Waals surface area contributed by atoms with Gasteiger partial charge in [-0.2, -0.15) is 0 Å². The van der Waals surface area contributed by atoms with Gasteiger partial charge in [-0.15, -0.1) is 0 Å². The van der Waals surface area contributed by atoms with Gasteiger partial charge in [0.15, 0.2) is 0 Å². The van der Waals surface area contributed by atoms with Crippen molar-refractivity contribution in [1.82, 2.24) is 9.80 Å². The van der Waals surface area contributed by atoms with Crippen LogP contribution < -0.4 is 5.73 Å². The number of hydrogen-bond donors (Lipinski definition) is 1. The first-order chi connectivity index (χ1) is 8.69. The van der Waals surface area contributed by atoms with Crippen LogP contribution in [0.4, 0.5) is 0 Å². The Balaban J connectivity index is 1.87. The summed E-state index contributed by atoms with van der Waals surface area (Å²) in [6, 6.07) is 9.32. The van der Waals surface area contributed by atoms with E-state index < -0.39 is 0 Å². The van der Waals surface area contributed by atoms with Crippen molar-refractivity contribution in [2.75, 3.05) is 26.2 Å². The van der Waals surface area contributed by atoms with Crippen molar-refractivity contribution in [3.63, 3.8) is 0 Å². The van der Waals surface area contributed by atoms with Crippen molar-refractivity contribution in [2.45, 2.75) is 33.0 Å². The molecule has 0 aromatic heterocycles. The van der Waals surface area contributed by atoms with Gasteiger partial charge in [0.05, 0.1) is 0 Å². The standard InChI is InChI=1S/C15H25N3/c1-13(2)18-8-6-17(7-9-18)12-15-5-3-4-14(10-15)11-16/h3-5,10,13H,6-9,11-12,16H2,1-2H3. The van der Waals surface area contributed by atoms with Gasteiger partial charge in [0, 0.05) is 45.3 Å². The Bertz CT molecular complexity index is 368. The number of nitrogens with two attached hydrogens (primary N) is 1. The summed E-state index contributed by atoms with van der Waals surface area (Å²) in [5, 5.41) is 0. The van der Waals surface area contributed by atoms with Gasteiger partial charge in [0.1, 0.15) is 0 Å². The molecular weight excluding hydrogens is 222 g/mol. The molecule has 3 nitrogen and oxygen atoms in total. The molecule has 2 rings (SSSR count). The highest BCUT2D eigenvalue weighted by Gasteiger charge is 2.18. The van der Waals surface area contributed by atoms with Gasteiger partial charge in [0.2, 0.25) is 0 Å². The van der Waals surface area contributed by atoms with Crippen LogP contribution in [0, 0.1) is 0 Å². The third-order valence-corrected chi connectivity index (χ3v) is 3.77. The van der Waals surface area contributed by atoms with Crippen molar-refractivity contribution in [2.24, 2.45) is 5.73 Å². The van der Waals surface area contributed by atoms with Crippen molar-refractivity contribution in [3.8, 4) is 0 Å². The molecule has 1 fully saturated rings. The van der Waals surface area contributed by atoms with E-state index in [0.717, 1.165) is 6.54 Å². The quantitative estimate of drug-likeness (QED) is 0.878. The predicted molar refractivity (Wildman–Crippen MR) is 76.3 cm³/mol. The molecule has 0 spiro atoms. The van der Waals surface area contributed by atoms with E-state index in [1.165, 1.54) is 37.3 Å². The van der Waals surface area contributed by atoms with Gasteiger partial charge in [-0.25, -0.2) is 0 Å². The SMILES string of the molecule is CC(C)N1CCN(Cc2cccc(CN)c2)CC1. The van der Waals surface area contributed by atoms with Crippen molar-refractivity contribution in [1.29, 1.82) is 0 Å². The van der Waals surface area contributed by atoms with Crippen molar-refractivity contribution < 1.29 is 0 Å². The highest BCUT2D eigenvalue weighted by atomic mass is 15.3. The lowest BCUT2D eigenvalue weighted by atomic mass is 10.1. The van der Waals surface area contributed by atoms with E-state index in [-0.39, 0.29) is 0 Å². The van der Waals surface area contributed by atoms with Gasteiger partial charge in [-0.3, -0.25) is 9.80 Å². The summed E-state index contributed by atoms with van der Waals surface area (Å²) >= 11 is 0. The van der Waals surface area contributed by atoms with Crippen LogP contribution in [0.25, 0.3) is 0 Å². The fraction of sp³-hybridized carbons (Fsp3) is 0.600. The Morgan fingerprint density at radius 1 is 1.11 bits per heavy atom. The molecule has 18 heavy (non-hydrogen) atoms. The summed E-state index contributed by atoms with van der Waals surface area (Å²) < 4.78 is 0. The topological polar surface area (TPSA) is 32.5 Å². The zero-order valence-electron chi connectivity index (χ0n) is 11.6. The molecule has 0 aliphatic carbocycles. The summed E-state index contributed by atoms with van der Waals surface area (Å²) in [6.07, 6.45) is 0. The van der Waals surface area contributed by atoms with Crippen LogP contribution in [0.15, 0.2) is 24.3 Å². The first-order valence-electron chi connectivity index (χ1n) is 6.93. The number of nitrogens with zero attached hydrogens (tertiary/aromatic N) is 2. The maximum absolute atomic E-state index is 5.68. The first-order valence-corrected chi connectivity index (χ1v) is 6.93. The minimum absolute atomic E-state index is 0.634. The molecule has 1 aromatic rings. The predicted octanol–water partition coefficient (Wildman–Crippen LogP) is 1.67. The first kappa shape index (κ1) is 13.5. The third kappa shape index (κ3) is 3.55. The third-order valence-electron chi connectivity index (χ3n) is 3.77. The Morgan fingerprint density at radius 3 is 2.39 bits per heavy atom. The molecule has 1 aliphatic heterocycles. The van der Waals surface area contributed by atoms with Gasteiger partial charge < -0.3 is 5.73 Å². The van der Waals surface area contributed by atoms with Crippen LogP contribution >= 0.6 is 0 Å². The fourth-order valence-corrected chi connectivity index (χ4v) is 2.55. The number of benzene rings is 1. The second kappa shape index (κ2) is 6.32. The molecule has 1 saturated heterocycles. The van der Waals surface area contributed by atoms with Crippen LogP contribution in [0.3, 0.4) is 0 Å². The summed E-state index contributed by atoms with van der Waals surface area (Å²) in [5.74, 6) is 0. The molecule has 0 bridgehead atoms. The van der Waals surface area contributed by atoms with Crippen LogP contribution in [0.1, 0.15) is 25.0 Å². The average molecular weight is 247 g/mol. The Labute approximate surface area is 111 Å². The monoisotopic (exact) mass is 247 g/mol. The zero-order valence-corrected chi connectivity index (χ0v) is 11.6. The number of piperazine rings is 1. The van der Waals surface area contributed by atoms with E-state index in [0.29, 0.717) is 12.6 Å². The van der Waals surface area contributed by atoms with Crippen LogP contribution in [-0.2, 0) is 13.1 Å². The average Bonchev–Trinajstić information content (AvgIpc) is 2.39. The lowest BCUT2D eigenvalue weighted by Crippen LogP contribution is -2.48. The zero-order chi connectivity index (χ0) is 13.0. The van der Waals surface area contributed by atoms with Gasteiger partial charge in [-0.05, 0) is 25.0 Å². The summed E-state index contributed by atoms with van der Waals surface area (Å²) in [6.45, 7) is 11.0. The van der Waals surface area contributed by atoms with Crippen molar-refractivity contribution >= 4 is 0 Å². The smallest absolute Gasteiger partial charge is 0.0234 e. The Hall–Kier alpha value is -0.900. The number of rotatable bonds is 4. The maximum Gasteiger partial charge on any atom is 0.0234 e. The Kier molecular flexibility index (Phi) is 4.75. The molecule has 0 amide bonds. The fourth-order valence-electron chi connectivity index (χ4n) is 2.55. The van der Waals surface area contributed by atoms with E-state index in [1.807, 2.05) is 0 Å². The molecule has 100 valence electrons. The second-order valence-corrected chi connectivity index (χ2v) is 5.43. The van der Waals surface area contributed by atoms with Crippen LogP contribution in [0.5, 0.6) is 0 Å². The highest BCUT2D eigenvalue weighted by molar-refractivity contribution is 5.23. The van der Waals surface area contributed by atoms with Gasteiger partial charge >= 0.3 is 0 Å². The molecule has 1 aromatic carbocycles. The van der Waals surface area contributed by atoms with Crippen LogP contribution in [-0.4, -0.2) is 42.0 Å². The summed E-state index contributed by atoms with van der Waals surface area (Å²) in [7, 11) is 0.